The lowest BCUT2D eigenvalue weighted by molar-refractivity contribution is -0.155. The number of carbonyl (C=O) groups excluding carboxylic acids is 2. The van der Waals surface area contributed by atoms with E-state index in [1.807, 2.05) is 12.1 Å². The fourth-order valence-electron chi connectivity index (χ4n) is 2.02. The van der Waals surface area contributed by atoms with Crippen LogP contribution in [0, 0.1) is 22.7 Å². The number of hydrogen-bond acceptors (Lipinski definition) is 6. The van der Waals surface area contributed by atoms with Gasteiger partial charge in [0.25, 0.3) is 5.91 Å². The third-order valence-corrected chi connectivity index (χ3v) is 3.29. The van der Waals surface area contributed by atoms with Crippen molar-refractivity contribution in [3.63, 3.8) is 0 Å². The lowest BCUT2D eigenvalue weighted by atomic mass is 10.2. The van der Waals surface area contributed by atoms with E-state index < -0.39 is 24.6 Å². The summed E-state index contributed by atoms with van der Waals surface area (Å²) in [5.74, 6) is -1.02. The molecular formula is C19H15N3O4. The fraction of sp³-hybridized carbons (Fsp3) is 0.158. The van der Waals surface area contributed by atoms with Crippen molar-refractivity contribution in [2.24, 2.45) is 0 Å². The zero-order valence-corrected chi connectivity index (χ0v) is 13.9. The minimum Gasteiger partial charge on any atom is -0.481 e. The summed E-state index contributed by atoms with van der Waals surface area (Å²) in [5, 5.41) is 20.4. The number of benzene rings is 2. The Morgan fingerprint density at radius 3 is 2.62 bits per heavy atom. The van der Waals surface area contributed by atoms with E-state index >= 15 is 0 Å². The van der Waals surface area contributed by atoms with Crippen LogP contribution in [0.4, 0.5) is 5.69 Å². The van der Waals surface area contributed by atoms with Crippen LogP contribution in [0.15, 0.2) is 48.5 Å². The molecule has 2 aromatic carbocycles. The van der Waals surface area contributed by atoms with E-state index in [0.717, 1.165) is 0 Å². The molecule has 0 aliphatic rings. The maximum Gasteiger partial charge on any atom is 0.344 e. The number of esters is 1. The quantitative estimate of drug-likeness (QED) is 0.801. The van der Waals surface area contributed by atoms with Gasteiger partial charge in [-0.05, 0) is 37.3 Å². The normalized spacial score (nSPS) is 10.7. The van der Waals surface area contributed by atoms with Gasteiger partial charge in [0.15, 0.2) is 12.7 Å². The highest BCUT2D eigenvalue weighted by molar-refractivity contribution is 5.95. The lowest BCUT2D eigenvalue weighted by Gasteiger charge is -2.14. The van der Waals surface area contributed by atoms with Crippen molar-refractivity contribution in [3.8, 4) is 17.9 Å². The van der Waals surface area contributed by atoms with Gasteiger partial charge in [-0.2, -0.15) is 10.5 Å². The summed E-state index contributed by atoms with van der Waals surface area (Å²) in [4.78, 5) is 23.9. The number of nitriles is 2. The molecule has 2 aromatic rings. The van der Waals surface area contributed by atoms with E-state index in [-0.39, 0.29) is 5.75 Å². The average Bonchev–Trinajstić information content (AvgIpc) is 2.66. The molecule has 0 saturated heterocycles. The van der Waals surface area contributed by atoms with Gasteiger partial charge in [0, 0.05) is 5.69 Å². The van der Waals surface area contributed by atoms with Gasteiger partial charge in [-0.3, -0.25) is 4.79 Å². The van der Waals surface area contributed by atoms with Crippen LogP contribution in [-0.4, -0.2) is 24.6 Å². The van der Waals surface area contributed by atoms with Crippen molar-refractivity contribution in [2.75, 3.05) is 11.9 Å². The number of carbonyl (C=O) groups is 2. The first-order chi connectivity index (χ1) is 12.5. The number of nitrogens with one attached hydrogen (secondary N) is 1. The Balaban J connectivity index is 1.87. The van der Waals surface area contributed by atoms with Crippen LogP contribution in [0.5, 0.6) is 5.75 Å². The van der Waals surface area contributed by atoms with Crippen LogP contribution < -0.4 is 10.1 Å². The zero-order valence-electron chi connectivity index (χ0n) is 13.9. The van der Waals surface area contributed by atoms with E-state index in [9.17, 15) is 9.59 Å². The van der Waals surface area contributed by atoms with Gasteiger partial charge < -0.3 is 14.8 Å². The molecule has 0 unspecified atom stereocenters. The Hall–Kier alpha value is -3.84. The first-order valence-electron chi connectivity index (χ1n) is 7.66. The molecule has 130 valence electrons. The third-order valence-electron chi connectivity index (χ3n) is 3.29. The molecule has 26 heavy (non-hydrogen) atoms. The Morgan fingerprint density at radius 1 is 1.12 bits per heavy atom. The van der Waals surface area contributed by atoms with Crippen molar-refractivity contribution in [2.45, 2.75) is 13.0 Å². The molecule has 1 amide bonds. The van der Waals surface area contributed by atoms with Crippen LogP contribution in [0.3, 0.4) is 0 Å². The molecular weight excluding hydrogens is 334 g/mol. The number of anilines is 1. The molecule has 2 rings (SSSR count). The van der Waals surface area contributed by atoms with Crippen molar-refractivity contribution in [3.05, 3.63) is 59.7 Å². The summed E-state index contributed by atoms with van der Waals surface area (Å²) in [6, 6.07) is 16.8. The maximum absolute atomic E-state index is 12.1. The van der Waals surface area contributed by atoms with E-state index in [2.05, 4.69) is 5.32 Å². The third kappa shape index (κ3) is 5.08. The maximum atomic E-state index is 12.1. The summed E-state index contributed by atoms with van der Waals surface area (Å²) in [5.41, 5.74) is 1.12. The summed E-state index contributed by atoms with van der Waals surface area (Å²) in [6.07, 6.45) is -1.05. The monoisotopic (exact) mass is 349 g/mol. The molecule has 7 heteroatoms. The minimum absolute atomic E-state index is 0.261. The van der Waals surface area contributed by atoms with Gasteiger partial charge in [-0.15, -0.1) is 0 Å². The highest BCUT2D eigenvalue weighted by Gasteiger charge is 2.18. The Labute approximate surface area is 150 Å². The molecule has 0 heterocycles. The molecule has 0 aliphatic heterocycles. The molecule has 0 aromatic heterocycles. The number of ether oxygens (including phenoxy) is 2. The van der Waals surface area contributed by atoms with Gasteiger partial charge in [0.2, 0.25) is 0 Å². The number of amides is 1. The Morgan fingerprint density at radius 2 is 1.88 bits per heavy atom. The van der Waals surface area contributed by atoms with Crippen LogP contribution in [-0.2, 0) is 14.3 Å². The molecule has 0 radical (unpaired) electrons. The molecule has 1 atom stereocenters. The zero-order chi connectivity index (χ0) is 18.9. The van der Waals surface area contributed by atoms with Crippen LogP contribution in [0.25, 0.3) is 0 Å². The van der Waals surface area contributed by atoms with Crippen LogP contribution >= 0.6 is 0 Å². The van der Waals surface area contributed by atoms with Gasteiger partial charge in [0.1, 0.15) is 11.8 Å². The van der Waals surface area contributed by atoms with Crippen LogP contribution in [0.1, 0.15) is 18.1 Å². The van der Waals surface area contributed by atoms with Crippen molar-refractivity contribution in [1.82, 2.24) is 0 Å². The van der Waals surface area contributed by atoms with Gasteiger partial charge in [0.05, 0.1) is 17.2 Å². The second kappa shape index (κ2) is 8.86. The van der Waals surface area contributed by atoms with Crippen molar-refractivity contribution in [1.29, 1.82) is 10.5 Å². The van der Waals surface area contributed by atoms with Gasteiger partial charge >= 0.3 is 5.97 Å². The summed E-state index contributed by atoms with van der Waals surface area (Å²) in [7, 11) is 0. The summed E-state index contributed by atoms with van der Waals surface area (Å²) < 4.78 is 10.3. The average molecular weight is 349 g/mol. The number of nitrogens with zero attached hydrogens (tertiary/aromatic N) is 2. The highest BCUT2D eigenvalue weighted by atomic mass is 16.6. The minimum atomic E-state index is -1.05. The smallest absolute Gasteiger partial charge is 0.344 e. The van der Waals surface area contributed by atoms with Gasteiger partial charge in [-0.1, -0.05) is 18.2 Å². The fourth-order valence-corrected chi connectivity index (χ4v) is 2.02. The topological polar surface area (TPSA) is 112 Å². The summed E-state index contributed by atoms with van der Waals surface area (Å²) >= 11 is 0. The SMILES string of the molecule is C[C@H](OC(=O)COc1ccccc1C#N)C(=O)Nc1cccc(C#N)c1. The lowest BCUT2D eigenvalue weighted by Crippen LogP contribution is -2.31. The molecule has 0 bridgehead atoms. The van der Waals surface area contributed by atoms with E-state index in [4.69, 9.17) is 20.0 Å². The molecule has 0 saturated carbocycles. The standard InChI is InChI=1S/C19H15N3O4/c1-13(19(24)22-16-7-4-5-14(9-16)10-20)26-18(23)12-25-17-8-3-2-6-15(17)11-21/h2-9,13H,12H2,1H3,(H,22,24)/t13-/m0/s1. The first-order valence-corrected chi connectivity index (χ1v) is 7.66. The predicted octanol–water partition coefficient (Wildman–Crippen LogP) is 2.38. The number of hydrogen-bond donors (Lipinski definition) is 1. The second-order valence-electron chi connectivity index (χ2n) is 5.21. The second-order valence-corrected chi connectivity index (χ2v) is 5.21. The molecule has 1 N–H and O–H groups in total. The highest BCUT2D eigenvalue weighted by Crippen LogP contribution is 2.16. The molecule has 0 aliphatic carbocycles. The molecule has 0 fully saturated rings. The number of rotatable bonds is 6. The predicted molar refractivity (Wildman–Crippen MR) is 92.0 cm³/mol. The Kier molecular flexibility index (Phi) is 6.30. The Bertz CT molecular complexity index is 896. The van der Waals surface area contributed by atoms with Crippen molar-refractivity contribution >= 4 is 17.6 Å². The van der Waals surface area contributed by atoms with E-state index in [0.29, 0.717) is 16.8 Å². The first kappa shape index (κ1) is 18.5. The van der Waals surface area contributed by atoms with Crippen molar-refractivity contribution < 1.29 is 19.1 Å². The largest absolute Gasteiger partial charge is 0.481 e. The molecule has 7 nitrogen and oxygen atoms in total. The van der Waals surface area contributed by atoms with Gasteiger partial charge in [-0.25, -0.2) is 4.79 Å². The van der Waals surface area contributed by atoms with E-state index in [1.165, 1.54) is 13.0 Å². The molecule has 0 spiro atoms. The van der Waals surface area contributed by atoms with E-state index in [1.54, 1.807) is 42.5 Å². The van der Waals surface area contributed by atoms with Crippen LogP contribution in [0.2, 0.25) is 0 Å². The summed E-state index contributed by atoms with van der Waals surface area (Å²) in [6.45, 7) is 0.991. The number of para-hydroxylation sites is 1.